The van der Waals surface area contributed by atoms with Crippen molar-refractivity contribution in [3.05, 3.63) is 11.1 Å². The van der Waals surface area contributed by atoms with E-state index in [2.05, 4.69) is 19.1 Å². The first-order chi connectivity index (χ1) is 8.07. The number of rotatable bonds is 1. The predicted octanol–water partition coefficient (Wildman–Crippen LogP) is 2.75. The highest BCUT2D eigenvalue weighted by molar-refractivity contribution is 5.98. The van der Waals surface area contributed by atoms with E-state index in [4.69, 9.17) is 0 Å². The molecule has 2 rings (SSSR count). The fourth-order valence-electron chi connectivity index (χ4n) is 3.29. The Bertz CT molecular complexity index is 461. The van der Waals surface area contributed by atoms with Crippen molar-refractivity contribution in [1.29, 1.82) is 10.5 Å². The van der Waals surface area contributed by atoms with Crippen LogP contribution in [0.4, 0.5) is 0 Å². The third-order valence-electron chi connectivity index (χ3n) is 4.27. The lowest BCUT2D eigenvalue weighted by Crippen LogP contribution is -2.33. The molecule has 3 nitrogen and oxygen atoms in total. The quantitative estimate of drug-likeness (QED) is 0.693. The minimum Gasteiger partial charge on any atom is -0.295 e. The number of hydrogen-bond acceptors (Lipinski definition) is 3. The van der Waals surface area contributed by atoms with E-state index in [9.17, 15) is 15.3 Å². The van der Waals surface area contributed by atoms with Crippen molar-refractivity contribution in [3.63, 3.8) is 0 Å². The number of Topliss-reactive ketones (excluding diaryl/α,β-unsaturated/α-hetero) is 1. The van der Waals surface area contributed by atoms with E-state index in [-0.39, 0.29) is 11.7 Å². The molecule has 2 atom stereocenters. The first-order valence-corrected chi connectivity index (χ1v) is 6.13. The number of fused-ring (bicyclic) bond motifs is 1. The molecule has 88 valence electrons. The largest absolute Gasteiger partial charge is 0.295 e. The van der Waals surface area contributed by atoms with Gasteiger partial charge in [-0.3, -0.25) is 4.79 Å². The van der Waals surface area contributed by atoms with Crippen molar-refractivity contribution in [3.8, 4) is 12.1 Å². The molecule has 2 aliphatic carbocycles. The van der Waals surface area contributed by atoms with E-state index in [0.29, 0.717) is 18.8 Å². The van der Waals surface area contributed by atoms with Gasteiger partial charge in [0, 0.05) is 18.8 Å². The maximum absolute atomic E-state index is 12.1. The summed E-state index contributed by atoms with van der Waals surface area (Å²) in [6, 6.07) is 4.33. The van der Waals surface area contributed by atoms with Gasteiger partial charge in [0.2, 0.25) is 0 Å². The van der Waals surface area contributed by atoms with Gasteiger partial charge in [0.15, 0.2) is 11.2 Å². The van der Waals surface area contributed by atoms with Crippen LogP contribution in [0.15, 0.2) is 11.1 Å². The summed E-state index contributed by atoms with van der Waals surface area (Å²) in [6.45, 7) is 3.96. The Balaban J connectivity index is 2.44. The fourth-order valence-corrected chi connectivity index (χ4v) is 3.29. The van der Waals surface area contributed by atoms with Gasteiger partial charge in [-0.2, -0.15) is 10.5 Å². The number of nitriles is 2. The molecular weight excluding hydrogens is 212 g/mol. The van der Waals surface area contributed by atoms with Gasteiger partial charge in [-0.05, 0) is 24.8 Å². The van der Waals surface area contributed by atoms with Crippen LogP contribution >= 0.6 is 0 Å². The highest BCUT2D eigenvalue weighted by Crippen LogP contribution is 2.52. The standard InChI is InChI=1S/C14H16N2O/c1-3-10-4-11-13(12(17)5-10)9(2)6-14(11,7-15)8-16/h10-11H,3-6H2,1-2H3/t10-,11+/m0/s1. The monoisotopic (exact) mass is 228 g/mol. The van der Waals surface area contributed by atoms with Gasteiger partial charge >= 0.3 is 0 Å². The fraction of sp³-hybridized carbons (Fsp3) is 0.643. The predicted molar refractivity (Wildman–Crippen MR) is 62.5 cm³/mol. The first kappa shape index (κ1) is 11.9. The summed E-state index contributed by atoms with van der Waals surface area (Å²) in [5, 5.41) is 18.6. The summed E-state index contributed by atoms with van der Waals surface area (Å²) in [7, 11) is 0. The van der Waals surface area contributed by atoms with Crippen LogP contribution in [0.1, 0.15) is 39.5 Å². The number of carbonyl (C=O) groups excluding carboxylic acids is 1. The number of nitrogens with zero attached hydrogens (tertiary/aromatic N) is 2. The van der Waals surface area contributed by atoms with Crippen LogP contribution in [-0.4, -0.2) is 5.78 Å². The molecule has 0 aromatic rings. The lowest BCUT2D eigenvalue weighted by atomic mass is 9.67. The van der Waals surface area contributed by atoms with Crippen LogP contribution in [0.5, 0.6) is 0 Å². The Morgan fingerprint density at radius 1 is 1.41 bits per heavy atom. The molecule has 17 heavy (non-hydrogen) atoms. The SMILES string of the molecule is CC[C@@H]1CC(=O)C2=C(C)CC(C#N)(C#N)[C@@H]2C1. The van der Waals surface area contributed by atoms with E-state index in [1.54, 1.807) is 0 Å². The van der Waals surface area contributed by atoms with E-state index in [1.165, 1.54) is 0 Å². The summed E-state index contributed by atoms with van der Waals surface area (Å²) in [4.78, 5) is 12.1. The van der Waals surface area contributed by atoms with Gasteiger partial charge in [0.25, 0.3) is 0 Å². The van der Waals surface area contributed by atoms with Gasteiger partial charge in [0.05, 0.1) is 12.1 Å². The highest BCUT2D eigenvalue weighted by atomic mass is 16.1. The van der Waals surface area contributed by atoms with Crippen LogP contribution in [0.25, 0.3) is 0 Å². The second kappa shape index (κ2) is 4.00. The molecule has 0 aromatic heterocycles. The Morgan fingerprint density at radius 3 is 2.59 bits per heavy atom. The molecule has 0 aliphatic heterocycles. The molecule has 1 fully saturated rings. The van der Waals surface area contributed by atoms with E-state index in [0.717, 1.165) is 24.0 Å². The lowest BCUT2D eigenvalue weighted by Gasteiger charge is -2.32. The van der Waals surface area contributed by atoms with E-state index >= 15 is 0 Å². The number of ketones is 1. The minimum atomic E-state index is -0.983. The van der Waals surface area contributed by atoms with Gasteiger partial charge in [-0.1, -0.05) is 18.9 Å². The minimum absolute atomic E-state index is 0.149. The van der Waals surface area contributed by atoms with Crippen molar-refractivity contribution >= 4 is 5.78 Å². The Morgan fingerprint density at radius 2 is 2.06 bits per heavy atom. The molecule has 2 aliphatic rings. The third kappa shape index (κ3) is 1.58. The van der Waals surface area contributed by atoms with Crippen LogP contribution < -0.4 is 0 Å². The summed E-state index contributed by atoms with van der Waals surface area (Å²) in [6.07, 6.45) is 2.80. The topological polar surface area (TPSA) is 64.7 Å². The highest BCUT2D eigenvalue weighted by Gasteiger charge is 2.51. The summed E-state index contributed by atoms with van der Waals surface area (Å²) >= 11 is 0. The molecule has 0 N–H and O–H groups in total. The van der Waals surface area contributed by atoms with Crippen LogP contribution in [0, 0.1) is 39.9 Å². The molecule has 0 heterocycles. The van der Waals surface area contributed by atoms with Crippen molar-refractivity contribution < 1.29 is 4.79 Å². The van der Waals surface area contributed by atoms with Crippen molar-refractivity contribution in [2.75, 3.05) is 0 Å². The summed E-state index contributed by atoms with van der Waals surface area (Å²) < 4.78 is 0. The Hall–Kier alpha value is -1.61. The smallest absolute Gasteiger partial charge is 0.159 e. The Labute approximate surface area is 102 Å². The molecule has 0 radical (unpaired) electrons. The van der Waals surface area contributed by atoms with Crippen LogP contribution in [0.3, 0.4) is 0 Å². The molecule has 0 saturated heterocycles. The zero-order chi connectivity index (χ0) is 12.6. The molecule has 0 spiro atoms. The normalized spacial score (nSPS) is 30.7. The summed E-state index contributed by atoms with van der Waals surface area (Å²) in [5.41, 5.74) is 0.763. The average molecular weight is 228 g/mol. The number of carbonyl (C=O) groups is 1. The average Bonchev–Trinajstić information content (AvgIpc) is 2.63. The number of allylic oxidation sites excluding steroid dienone is 2. The second-order valence-corrected chi connectivity index (χ2v) is 5.26. The maximum Gasteiger partial charge on any atom is 0.159 e. The second-order valence-electron chi connectivity index (χ2n) is 5.26. The van der Waals surface area contributed by atoms with E-state index < -0.39 is 5.41 Å². The van der Waals surface area contributed by atoms with E-state index in [1.807, 2.05) is 6.92 Å². The zero-order valence-corrected chi connectivity index (χ0v) is 10.3. The molecule has 1 saturated carbocycles. The number of hydrogen-bond donors (Lipinski definition) is 0. The third-order valence-corrected chi connectivity index (χ3v) is 4.27. The van der Waals surface area contributed by atoms with Crippen LogP contribution in [-0.2, 0) is 4.79 Å². The molecule has 0 amide bonds. The molecule has 0 bridgehead atoms. The molecule has 3 heteroatoms. The summed E-state index contributed by atoms with van der Waals surface area (Å²) in [5.74, 6) is 0.352. The lowest BCUT2D eigenvalue weighted by molar-refractivity contribution is -0.118. The van der Waals surface area contributed by atoms with Crippen molar-refractivity contribution in [2.24, 2.45) is 17.3 Å². The van der Waals surface area contributed by atoms with Crippen molar-refractivity contribution in [2.45, 2.75) is 39.5 Å². The van der Waals surface area contributed by atoms with Gasteiger partial charge in [-0.15, -0.1) is 0 Å². The zero-order valence-electron chi connectivity index (χ0n) is 10.3. The van der Waals surface area contributed by atoms with Gasteiger partial charge in [0.1, 0.15) is 0 Å². The Kier molecular flexibility index (Phi) is 2.79. The molecule has 0 unspecified atom stereocenters. The molecule has 0 aromatic carbocycles. The molecular formula is C14H16N2O. The maximum atomic E-state index is 12.1. The van der Waals surface area contributed by atoms with Crippen LogP contribution in [0.2, 0.25) is 0 Å². The van der Waals surface area contributed by atoms with Gasteiger partial charge < -0.3 is 0 Å². The van der Waals surface area contributed by atoms with Gasteiger partial charge in [-0.25, -0.2) is 0 Å². The van der Waals surface area contributed by atoms with Crippen molar-refractivity contribution in [1.82, 2.24) is 0 Å². The first-order valence-electron chi connectivity index (χ1n) is 6.13.